The van der Waals surface area contributed by atoms with Gasteiger partial charge in [-0.05, 0) is 42.0 Å². The average molecular weight is 372 g/mol. The molecule has 0 spiro atoms. The summed E-state index contributed by atoms with van der Waals surface area (Å²) in [7, 11) is 3.93. The molecule has 2 heterocycles. The number of rotatable bonds is 3. The highest BCUT2D eigenvalue weighted by atomic mass is 35.5. The summed E-state index contributed by atoms with van der Waals surface area (Å²) < 4.78 is 0. The molecule has 0 unspecified atom stereocenters. The van der Waals surface area contributed by atoms with E-state index >= 15 is 0 Å². The number of anilines is 2. The van der Waals surface area contributed by atoms with Crippen molar-refractivity contribution in [3.8, 4) is 0 Å². The molecule has 2 aromatic carbocycles. The van der Waals surface area contributed by atoms with Crippen LogP contribution in [0.4, 0.5) is 11.4 Å². The molecule has 0 radical (unpaired) electrons. The number of fused-ring (bicyclic) bond motifs is 1. The van der Waals surface area contributed by atoms with E-state index in [9.17, 15) is 9.59 Å². The topological polar surface area (TPSA) is 61.9 Å². The van der Waals surface area contributed by atoms with Gasteiger partial charge in [-0.15, -0.1) is 0 Å². The summed E-state index contributed by atoms with van der Waals surface area (Å²) in [6.45, 7) is 0. The lowest BCUT2D eigenvalue weighted by Gasteiger charge is -2.27. The second-order valence-corrected chi connectivity index (χ2v) is 7.07. The highest BCUT2D eigenvalue weighted by Crippen LogP contribution is 2.44. The standard InChI is InChI=1S/C19H18ClN3O3/c1-22(2)13-7-3-11(4-8-13)16-15-17(19(25)21-18(15)24)26-23(16)14-9-5-12(20)6-10-14/h3-10,15-17H,1-2H3,(H,21,24,25)/t15-,16-,17-/m0/s1. The zero-order valence-corrected chi connectivity index (χ0v) is 15.1. The molecule has 2 aliphatic heterocycles. The van der Waals surface area contributed by atoms with Crippen molar-refractivity contribution in [3.63, 3.8) is 0 Å². The molecule has 6 nitrogen and oxygen atoms in total. The van der Waals surface area contributed by atoms with Crippen LogP contribution >= 0.6 is 11.6 Å². The SMILES string of the molecule is CN(C)c1ccc([C@H]2[C@@H]3C(=O)NC(=O)[C@H]3ON2c2ccc(Cl)cc2)cc1. The van der Waals surface area contributed by atoms with Gasteiger partial charge in [-0.3, -0.25) is 19.7 Å². The largest absolute Gasteiger partial charge is 0.378 e. The van der Waals surface area contributed by atoms with Gasteiger partial charge >= 0.3 is 0 Å². The molecule has 2 saturated heterocycles. The first-order valence-corrected chi connectivity index (χ1v) is 8.67. The van der Waals surface area contributed by atoms with Gasteiger partial charge in [0.15, 0.2) is 6.10 Å². The second-order valence-electron chi connectivity index (χ2n) is 6.64. The summed E-state index contributed by atoms with van der Waals surface area (Å²) in [6, 6.07) is 14.6. The van der Waals surface area contributed by atoms with E-state index in [4.69, 9.17) is 16.4 Å². The molecule has 134 valence electrons. The molecular weight excluding hydrogens is 354 g/mol. The minimum atomic E-state index is -0.822. The molecule has 0 aliphatic carbocycles. The Morgan fingerprint density at radius 2 is 1.65 bits per heavy atom. The summed E-state index contributed by atoms with van der Waals surface area (Å²) in [6.07, 6.45) is -0.822. The van der Waals surface area contributed by atoms with Gasteiger partial charge in [0.05, 0.1) is 11.7 Å². The maximum atomic E-state index is 12.4. The van der Waals surface area contributed by atoms with Crippen LogP contribution < -0.4 is 15.3 Å². The number of carbonyl (C=O) groups is 2. The third-order valence-corrected chi connectivity index (χ3v) is 5.04. The molecule has 0 saturated carbocycles. The Bertz CT molecular complexity index is 851. The van der Waals surface area contributed by atoms with Gasteiger partial charge in [0, 0.05) is 24.8 Å². The number of nitrogens with one attached hydrogen (secondary N) is 1. The van der Waals surface area contributed by atoms with Crippen molar-refractivity contribution in [1.29, 1.82) is 0 Å². The molecule has 1 N–H and O–H groups in total. The maximum absolute atomic E-state index is 12.4. The molecular formula is C19H18ClN3O3. The van der Waals surface area contributed by atoms with E-state index in [1.54, 1.807) is 17.2 Å². The quantitative estimate of drug-likeness (QED) is 0.840. The number of amides is 2. The minimum absolute atomic E-state index is 0.307. The predicted octanol–water partition coefficient (Wildman–Crippen LogP) is 2.54. The van der Waals surface area contributed by atoms with Crippen LogP contribution in [0.15, 0.2) is 48.5 Å². The Hall–Kier alpha value is -2.57. The molecule has 2 aromatic rings. The lowest BCUT2D eigenvalue weighted by molar-refractivity contribution is -0.129. The molecule has 4 rings (SSSR count). The number of imide groups is 1. The first-order chi connectivity index (χ1) is 12.5. The summed E-state index contributed by atoms with van der Waals surface area (Å²) in [5.41, 5.74) is 2.70. The Morgan fingerprint density at radius 3 is 2.27 bits per heavy atom. The molecule has 0 bridgehead atoms. The number of benzene rings is 2. The Kier molecular flexibility index (Phi) is 4.09. The molecule has 2 amide bonds. The number of hydrogen-bond donors (Lipinski definition) is 1. The van der Waals surface area contributed by atoms with E-state index in [0.717, 1.165) is 16.9 Å². The van der Waals surface area contributed by atoms with Crippen molar-refractivity contribution in [1.82, 2.24) is 5.32 Å². The zero-order valence-electron chi connectivity index (χ0n) is 14.3. The van der Waals surface area contributed by atoms with E-state index < -0.39 is 24.0 Å². The van der Waals surface area contributed by atoms with Crippen molar-refractivity contribution < 1.29 is 14.4 Å². The first-order valence-electron chi connectivity index (χ1n) is 8.29. The monoisotopic (exact) mass is 371 g/mol. The van der Waals surface area contributed by atoms with Crippen molar-refractivity contribution in [2.75, 3.05) is 24.1 Å². The van der Waals surface area contributed by atoms with E-state index in [-0.39, 0.29) is 5.91 Å². The molecule has 7 heteroatoms. The molecule has 2 aliphatic rings. The van der Waals surface area contributed by atoms with E-state index in [2.05, 4.69) is 5.32 Å². The maximum Gasteiger partial charge on any atom is 0.259 e. The van der Waals surface area contributed by atoms with Gasteiger partial charge in [0.1, 0.15) is 5.92 Å². The van der Waals surface area contributed by atoms with Gasteiger partial charge in [0.2, 0.25) is 5.91 Å². The van der Waals surface area contributed by atoms with Crippen LogP contribution in [0.3, 0.4) is 0 Å². The first kappa shape index (κ1) is 16.9. The van der Waals surface area contributed by atoms with Gasteiger partial charge in [-0.25, -0.2) is 5.06 Å². The minimum Gasteiger partial charge on any atom is -0.378 e. The van der Waals surface area contributed by atoms with Gasteiger partial charge < -0.3 is 4.90 Å². The number of hydroxylamine groups is 1. The van der Waals surface area contributed by atoms with Crippen LogP contribution in [0.1, 0.15) is 11.6 Å². The number of hydrogen-bond acceptors (Lipinski definition) is 5. The van der Waals surface area contributed by atoms with Crippen LogP contribution in [-0.4, -0.2) is 32.0 Å². The van der Waals surface area contributed by atoms with Crippen LogP contribution in [-0.2, 0) is 14.4 Å². The molecule has 26 heavy (non-hydrogen) atoms. The third kappa shape index (κ3) is 2.71. The summed E-state index contributed by atoms with van der Waals surface area (Å²) in [5.74, 6) is -1.30. The van der Waals surface area contributed by atoms with Gasteiger partial charge in [0.25, 0.3) is 5.91 Å². The normalized spacial score (nSPS) is 24.6. The fraction of sp³-hybridized carbons (Fsp3) is 0.263. The fourth-order valence-electron chi connectivity index (χ4n) is 3.45. The smallest absolute Gasteiger partial charge is 0.259 e. The average Bonchev–Trinajstić information content (AvgIpc) is 3.14. The van der Waals surface area contributed by atoms with Crippen molar-refractivity contribution in [2.45, 2.75) is 12.1 Å². The van der Waals surface area contributed by atoms with Crippen LogP contribution in [0.5, 0.6) is 0 Å². The van der Waals surface area contributed by atoms with Crippen LogP contribution in [0.25, 0.3) is 0 Å². The van der Waals surface area contributed by atoms with E-state index in [0.29, 0.717) is 5.02 Å². The Morgan fingerprint density at radius 1 is 1.00 bits per heavy atom. The van der Waals surface area contributed by atoms with Gasteiger partial charge in [-0.1, -0.05) is 23.7 Å². The van der Waals surface area contributed by atoms with Crippen molar-refractivity contribution in [3.05, 3.63) is 59.1 Å². The number of nitrogens with zero attached hydrogens (tertiary/aromatic N) is 2. The molecule has 3 atom stereocenters. The summed E-state index contributed by atoms with van der Waals surface area (Å²) in [4.78, 5) is 32.4. The van der Waals surface area contributed by atoms with Crippen LogP contribution in [0, 0.1) is 5.92 Å². The lowest BCUT2D eigenvalue weighted by Crippen LogP contribution is -2.33. The van der Waals surface area contributed by atoms with E-state index in [1.165, 1.54) is 0 Å². The summed E-state index contributed by atoms with van der Waals surface area (Å²) in [5, 5.41) is 4.62. The lowest BCUT2D eigenvalue weighted by atomic mass is 9.90. The fourth-order valence-corrected chi connectivity index (χ4v) is 3.58. The zero-order chi connectivity index (χ0) is 18.4. The Balaban J connectivity index is 1.76. The molecule has 0 aromatic heterocycles. The van der Waals surface area contributed by atoms with Crippen LogP contribution in [0.2, 0.25) is 5.02 Å². The van der Waals surface area contributed by atoms with Crippen molar-refractivity contribution >= 4 is 34.8 Å². The van der Waals surface area contributed by atoms with Gasteiger partial charge in [-0.2, -0.15) is 0 Å². The predicted molar refractivity (Wildman–Crippen MR) is 99.0 cm³/mol. The third-order valence-electron chi connectivity index (χ3n) is 4.79. The number of carbonyl (C=O) groups excluding carboxylic acids is 2. The summed E-state index contributed by atoms with van der Waals surface area (Å²) >= 11 is 5.98. The molecule has 2 fully saturated rings. The number of halogens is 1. The van der Waals surface area contributed by atoms with E-state index in [1.807, 2.05) is 55.4 Å². The van der Waals surface area contributed by atoms with Crippen molar-refractivity contribution in [2.24, 2.45) is 5.92 Å². The second kappa shape index (κ2) is 6.30. The Labute approximate surface area is 156 Å². The highest BCUT2D eigenvalue weighted by Gasteiger charge is 2.56. The highest BCUT2D eigenvalue weighted by molar-refractivity contribution is 6.30.